The molecular weight excluding hydrogens is 148 g/mol. The number of rotatable bonds is 6. The van der Waals surface area contributed by atoms with Gasteiger partial charge in [-0.1, -0.05) is 19.3 Å². The van der Waals surface area contributed by atoms with Crippen LogP contribution in [0.2, 0.25) is 0 Å². The molecule has 0 aromatic heterocycles. The van der Waals surface area contributed by atoms with Crippen LogP contribution in [0.4, 0.5) is 0 Å². The van der Waals surface area contributed by atoms with E-state index in [4.69, 9.17) is 6.42 Å². The van der Waals surface area contributed by atoms with Gasteiger partial charge in [0.2, 0.25) is 0 Å². The third-order valence-electron chi connectivity index (χ3n) is 1.73. The van der Waals surface area contributed by atoms with Crippen molar-refractivity contribution in [2.45, 2.75) is 25.8 Å². The lowest BCUT2D eigenvalue weighted by Crippen LogP contribution is -2.33. The third-order valence-corrected chi connectivity index (χ3v) is 1.73. The summed E-state index contributed by atoms with van der Waals surface area (Å²) in [6, 6.07) is 0.259. The molecule has 0 fully saturated rings. The molecular formula is C10H20N2. The van der Waals surface area contributed by atoms with Crippen molar-refractivity contribution in [1.82, 2.24) is 10.2 Å². The van der Waals surface area contributed by atoms with Gasteiger partial charge in [0.1, 0.15) is 0 Å². The average Bonchev–Trinajstić information content (AvgIpc) is 2.02. The molecule has 70 valence electrons. The Bertz CT molecular complexity index is 135. The van der Waals surface area contributed by atoms with Crippen molar-refractivity contribution in [3.05, 3.63) is 0 Å². The lowest BCUT2D eigenvalue weighted by Gasteiger charge is -2.14. The number of nitrogens with zero attached hydrogens (tertiary/aromatic N) is 1. The summed E-state index contributed by atoms with van der Waals surface area (Å²) in [4.78, 5) is 2.15. The maximum atomic E-state index is 5.35. The zero-order chi connectivity index (χ0) is 9.40. The molecule has 0 aromatic carbocycles. The van der Waals surface area contributed by atoms with Crippen LogP contribution in [0.5, 0.6) is 0 Å². The van der Waals surface area contributed by atoms with Crippen molar-refractivity contribution < 1.29 is 0 Å². The largest absolute Gasteiger partial charge is 0.308 e. The van der Waals surface area contributed by atoms with Gasteiger partial charge < -0.3 is 10.2 Å². The Morgan fingerprint density at radius 2 is 2.17 bits per heavy atom. The predicted octanol–water partition coefficient (Wildman–Crippen LogP) is 0.940. The van der Waals surface area contributed by atoms with Gasteiger partial charge in [0.25, 0.3) is 0 Å². The van der Waals surface area contributed by atoms with E-state index in [9.17, 15) is 0 Å². The van der Waals surface area contributed by atoms with Crippen LogP contribution in [0.3, 0.4) is 0 Å². The summed E-state index contributed by atoms with van der Waals surface area (Å²) < 4.78 is 0. The van der Waals surface area contributed by atoms with Gasteiger partial charge in [-0.25, -0.2) is 0 Å². The van der Waals surface area contributed by atoms with E-state index in [0.717, 1.165) is 25.9 Å². The van der Waals surface area contributed by atoms with Crippen LogP contribution >= 0.6 is 0 Å². The second-order valence-corrected chi connectivity index (χ2v) is 3.27. The van der Waals surface area contributed by atoms with E-state index >= 15 is 0 Å². The molecule has 0 spiro atoms. The standard InChI is InChI=1S/C10H20N2/c1-5-7-10(6-2)11-8-9-12(3)4/h2,10-11H,5,7-9H2,1,3-4H3. The Kier molecular flexibility index (Phi) is 6.84. The highest BCUT2D eigenvalue weighted by Crippen LogP contribution is 1.93. The molecule has 0 aliphatic heterocycles. The van der Waals surface area contributed by atoms with Crippen molar-refractivity contribution in [2.75, 3.05) is 27.2 Å². The molecule has 1 N–H and O–H groups in total. The monoisotopic (exact) mass is 168 g/mol. The van der Waals surface area contributed by atoms with Crippen LogP contribution in [0.1, 0.15) is 19.8 Å². The fourth-order valence-corrected chi connectivity index (χ4v) is 0.995. The van der Waals surface area contributed by atoms with Crippen molar-refractivity contribution in [3.8, 4) is 12.3 Å². The minimum Gasteiger partial charge on any atom is -0.308 e. The Morgan fingerprint density at radius 3 is 2.58 bits per heavy atom. The number of hydrogen-bond acceptors (Lipinski definition) is 2. The molecule has 12 heavy (non-hydrogen) atoms. The lowest BCUT2D eigenvalue weighted by molar-refractivity contribution is 0.391. The van der Waals surface area contributed by atoms with Gasteiger partial charge in [-0.15, -0.1) is 6.42 Å². The highest BCUT2D eigenvalue weighted by atomic mass is 15.1. The SMILES string of the molecule is C#CC(CCC)NCCN(C)C. The summed E-state index contributed by atoms with van der Waals surface area (Å²) in [6.45, 7) is 4.17. The zero-order valence-corrected chi connectivity index (χ0v) is 8.43. The van der Waals surface area contributed by atoms with E-state index in [2.05, 4.69) is 37.2 Å². The van der Waals surface area contributed by atoms with E-state index in [0.29, 0.717) is 0 Å². The van der Waals surface area contributed by atoms with Gasteiger partial charge in [0.05, 0.1) is 6.04 Å². The summed E-state index contributed by atoms with van der Waals surface area (Å²) in [5, 5.41) is 3.32. The maximum Gasteiger partial charge on any atom is 0.0687 e. The summed E-state index contributed by atoms with van der Waals surface area (Å²) >= 11 is 0. The van der Waals surface area contributed by atoms with Crippen molar-refractivity contribution >= 4 is 0 Å². The van der Waals surface area contributed by atoms with Crippen molar-refractivity contribution in [2.24, 2.45) is 0 Å². The quantitative estimate of drug-likeness (QED) is 0.594. The molecule has 1 atom stereocenters. The highest BCUT2D eigenvalue weighted by molar-refractivity contribution is 4.98. The number of hydrogen-bond donors (Lipinski definition) is 1. The van der Waals surface area contributed by atoms with Gasteiger partial charge in [0.15, 0.2) is 0 Å². The average molecular weight is 168 g/mol. The molecule has 2 nitrogen and oxygen atoms in total. The Labute approximate surface area is 76.3 Å². The lowest BCUT2D eigenvalue weighted by atomic mass is 10.2. The smallest absolute Gasteiger partial charge is 0.0687 e. The van der Waals surface area contributed by atoms with Crippen LogP contribution in [0.15, 0.2) is 0 Å². The van der Waals surface area contributed by atoms with Gasteiger partial charge in [-0.2, -0.15) is 0 Å². The van der Waals surface area contributed by atoms with E-state index < -0.39 is 0 Å². The molecule has 0 amide bonds. The normalized spacial score (nSPS) is 12.9. The number of nitrogens with one attached hydrogen (secondary N) is 1. The number of terminal acetylenes is 1. The molecule has 0 bridgehead atoms. The van der Waals surface area contributed by atoms with Crippen molar-refractivity contribution in [1.29, 1.82) is 0 Å². The van der Waals surface area contributed by atoms with Crippen LogP contribution in [0.25, 0.3) is 0 Å². The summed E-state index contributed by atoms with van der Waals surface area (Å²) in [7, 11) is 4.12. The van der Waals surface area contributed by atoms with Crippen LogP contribution in [-0.4, -0.2) is 38.1 Å². The molecule has 0 rings (SSSR count). The molecule has 0 aromatic rings. The predicted molar refractivity (Wildman–Crippen MR) is 54.1 cm³/mol. The molecule has 0 heterocycles. The minimum atomic E-state index is 0.259. The van der Waals surface area contributed by atoms with Crippen LogP contribution < -0.4 is 5.32 Å². The third kappa shape index (κ3) is 6.21. The maximum absolute atomic E-state index is 5.35. The van der Waals surface area contributed by atoms with Gasteiger partial charge in [-0.3, -0.25) is 0 Å². The topological polar surface area (TPSA) is 15.3 Å². The first-order valence-electron chi connectivity index (χ1n) is 4.55. The molecule has 0 aliphatic rings. The first-order valence-corrected chi connectivity index (χ1v) is 4.55. The highest BCUT2D eigenvalue weighted by Gasteiger charge is 2.00. The first kappa shape index (κ1) is 11.5. The molecule has 0 saturated carbocycles. The van der Waals surface area contributed by atoms with Gasteiger partial charge in [-0.05, 0) is 20.5 Å². The number of likely N-dealkylation sites (N-methyl/N-ethyl adjacent to an activating group) is 1. The Balaban J connectivity index is 3.40. The zero-order valence-electron chi connectivity index (χ0n) is 8.43. The van der Waals surface area contributed by atoms with Crippen LogP contribution in [0, 0.1) is 12.3 Å². The fraction of sp³-hybridized carbons (Fsp3) is 0.800. The fourth-order valence-electron chi connectivity index (χ4n) is 0.995. The minimum absolute atomic E-state index is 0.259. The Hall–Kier alpha value is -0.520. The van der Waals surface area contributed by atoms with Gasteiger partial charge in [0, 0.05) is 13.1 Å². The first-order chi connectivity index (χ1) is 5.70. The van der Waals surface area contributed by atoms with Crippen molar-refractivity contribution in [3.63, 3.8) is 0 Å². The summed E-state index contributed by atoms with van der Waals surface area (Å²) in [5.41, 5.74) is 0. The molecule has 0 aliphatic carbocycles. The second-order valence-electron chi connectivity index (χ2n) is 3.27. The van der Waals surface area contributed by atoms with Gasteiger partial charge >= 0.3 is 0 Å². The van der Waals surface area contributed by atoms with E-state index in [1.54, 1.807) is 0 Å². The van der Waals surface area contributed by atoms with E-state index in [-0.39, 0.29) is 6.04 Å². The summed E-state index contributed by atoms with van der Waals surface area (Å²) in [5.74, 6) is 2.75. The second kappa shape index (κ2) is 7.15. The Morgan fingerprint density at radius 1 is 1.50 bits per heavy atom. The van der Waals surface area contributed by atoms with Crippen LogP contribution in [-0.2, 0) is 0 Å². The molecule has 1 unspecified atom stereocenters. The molecule has 0 radical (unpaired) electrons. The van der Waals surface area contributed by atoms with E-state index in [1.807, 2.05) is 0 Å². The molecule has 0 saturated heterocycles. The molecule has 2 heteroatoms. The summed E-state index contributed by atoms with van der Waals surface area (Å²) in [6.07, 6.45) is 7.57. The van der Waals surface area contributed by atoms with E-state index in [1.165, 1.54) is 0 Å².